The molecule has 2 aliphatic rings. The van der Waals surface area contributed by atoms with Gasteiger partial charge in [-0.3, -0.25) is 9.59 Å². The number of nitrogens with zero attached hydrogens (tertiary/aromatic N) is 2. The van der Waals surface area contributed by atoms with E-state index in [0.717, 1.165) is 56.0 Å². The van der Waals surface area contributed by atoms with Crippen LogP contribution in [0.4, 0.5) is 5.69 Å². The molecule has 0 unspecified atom stereocenters. The minimum absolute atomic E-state index is 0.0143. The maximum absolute atomic E-state index is 12.7. The Hall–Kier alpha value is -2.27. The molecular weight excluding hydrogens is 350 g/mol. The second-order valence-electron chi connectivity index (χ2n) is 7.02. The van der Waals surface area contributed by atoms with Gasteiger partial charge in [-0.2, -0.15) is 0 Å². The van der Waals surface area contributed by atoms with E-state index >= 15 is 0 Å². The van der Waals surface area contributed by atoms with Gasteiger partial charge in [-0.05, 0) is 55.5 Å². The highest BCUT2D eigenvalue weighted by Crippen LogP contribution is 2.29. The summed E-state index contributed by atoms with van der Waals surface area (Å²) < 4.78 is 0. The summed E-state index contributed by atoms with van der Waals surface area (Å²) in [6, 6.07) is 7.53. The lowest BCUT2D eigenvalue weighted by Crippen LogP contribution is -2.34. The number of fused-ring (bicyclic) bond motifs is 1. The normalized spacial score (nSPS) is 16.7. The van der Waals surface area contributed by atoms with E-state index in [9.17, 15) is 9.59 Å². The van der Waals surface area contributed by atoms with Gasteiger partial charge in [-0.25, -0.2) is 0 Å². The maximum Gasteiger partial charge on any atom is 0.270 e. The molecule has 0 bridgehead atoms. The summed E-state index contributed by atoms with van der Waals surface area (Å²) in [7, 11) is 0. The lowest BCUT2D eigenvalue weighted by Gasteiger charge is -2.30. The second kappa shape index (κ2) is 7.16. The molecule has 1 saturated heterocycles. The van der Waals surface area contributed by atoms with Crippen LogP contribution in [0.1, 0.15) is 45.7 Å². The molecule has 6 heteroatoms. The van der Waals surface area contributed by atoms with Gasteiger partial charge in [-0.15, -0.1) is 0 Å². The number of carbonyl (C=O) groups excluding carboxylic acids is 2. The number of Topliss-reactive ketones (excluding diaryl/α,β-unsaturated/α-hetero) is 1. The number of aromatic nitrogens is 1. The van der Waals surface area contributed by atoms with Gasteiger partial charge in [0.2, 0.25) is 0 Å². The maximum atomic E-state index is 12.7. The molecule has 136 valence electrons. The number of benzene rings is 1. The van der Waals surface area contributed by atoms with Crippen molar-refractivity contribution in [2.45, 2.75) is 25.7 Å². The smallest absolute Gasteiger partial charge is 0.270 e. The summed E-state index contributed by atoms with van der Waals surface area (Å²) in [6.07, 6.45) is 5.75. The molecule has 0 radical (unpaired) electrons. The van der Waals surface area contributed by atoms with Gasteiger partial charge in [0.15, 0.2) is 5.78 Å². The Morgan fingerprint density at radius 2 is 1.88 bits per heavy atom. The number of carbonyl (C=O) groups is 2. The highest BCUT2D eigenvalue weighted by molar-refractivity contribution is 6.30. The summed E-state index contributed by atoms with van der Waals surface area (Å²) in [5.74, 6) is 0.00373. The minimum atomic E-state index is -0.0143. The molecule has 0 aliphatic carbocycles. The van der Waals surface area contributed by atoms with Crippen LogP contribution >= 0.6 is 11.6 Å². The van der Waals surface area contributed by atoms with E-state index in [1.807, 2.05) is 23.1 Å². The van der Waals surface area contributed by atoms with Crippen LogP contribution in [0.25, 0.3) is 0 Å². The lowest BCUT2D eigenvalue weighted by molar-refractivity contribution is 0.0787. The zero-order valence-corrected chi connectivity index (χ0v) is 15.4. The molecule has 1 N–H and O–H groups in total. The van der Waals surface area contributed by atoms with E-state index in [1.54, 1.807) is 12.3 Å². The first kappa shape index (κ1) is 17.2. The number of amides is 1. The molecule has 0 atom stereocenters. The molecule has 1 aromatic carbocycles. The van der Waals surface area contributed by atoms with Crippen LogP contribution in [0, 0.1) is 0 Å². The zero-order chi connectivity index (χ0) is 18.1. The molecule has 4 rings (SSSR count). The highest BCUT2D eigenvalue weighted by atomic mass is 35.5. The van der Waals surface area contributed by atoms with E-state index in [-0.39, 0.29) is 11.7 Å². The monoisotopic (exact) mass is 371 g/mol. The SMILES string of the molecule is O=C(CN1CCCc2cc(Cl)ccc21)c1c[nH]c(C(=O)N2CCCC2)c1. The van der Waals surface area contributed by atoms with Crippen molar-refractivity contribution in [3.8, 4) is 0 Å². The molecule has 0 saturated carbocycles. The molecule has 0 spiro atoms. The first-order valence-corrected chi connectivity index (χ1v) is 9.54. The first-order valence-electron chi connectivity index (χ1n) is 9.16. The molecule has 1 amide bonds. The van der Waals surface area contributed by atoms with Gasteiger partial charge < -0.3 is 14.8 Å². The number of hydrogen-bond acceptors (Lipinski definition) is 3. The minimum Gasteiger partial charge on any atom is -0.364 e. The van der Waals surface area contributed by atoms with Gasteiger partial charge in [-0.1, -0.05) is 11.6 Å². The topological polar surface area (TPSA) is 56.4 Å². The molecule has 3 heterocycles. The number of nitrogens with one attached hydrogen (secondary N) is 1. The molecule has 2 aliphatic heterocycles. The Morgan fingerprint density at radius 1 is 1.08 bits per heavy atom. The number of aromatic amines is 1. The van der Waals surface area contributed by atoms with Crippen molar-refractivity contribution < 1.29 is 9.59 Å². The van der Waals surface area contributed by atoms with Crippen LogP contribution in [-0.4, -0.2) is 47.8 Å². The summed E-state index contributed by atoms with van der Waals surface area (Å²) in [6.45, 7) is 2.76. The van der Waals surface area contributed by atoms with Crippen molar-refractivity contribution in [3.63, 3.8) is 0 Å². The van der Waals surface area contributed by atoms with Gasteiger partial charge in [0.25, 0.3) is 5.91 Å². The number of rotatable bonds is 4. The largest absolute Gasteiger partial charge is 0.364 e. The number of H-pyrrole nitrogens is 1. The average Bonchev–Trinajstić information content (AvgIpc) is 3.33. The van der Waals surface area contributed by atoms with Crippen LogP contribution in [0.3, 0.4) is 0 Å². The van der Waals surface area contributed by atoms with E-state index in [4.69, 9.17) is 11.6 Å². The number of halogens is 1. The molecule has 1 aromatic heterocycles. The Labute approximate surface area is 157 Å². The fraction of sp³-hybridized carbons (Fsp3) is 0.400. The second-order valence-corrected chi connectivity index (χ2v) is 7.46. The summed E-state index contributed by atoms with van der Waals surface area (Å²) >= 11 is 6.09. The summed E-state index contributed by atoms with van der Waals surface area (Å²) in [5, 5.41) is 0.729. The predicted octanol–water partition coefficient (Wildman–Crippen LogP) is 3.54. The fourth-order valence-corrected chi connectivity index (χ4v) is 4.04. The predicted molar refractivity (Wildman–Crippen MR) is 102 cm³/mol. The quantitative estimate of drug-likeness (QED) is 0.836. The summed E-state index contributed by atoms with van der Waals surface area (Å²) in [5.41, 5.74) is 3.34. The van der Waals surface area contributed by atoms with Crippen molar-refractivity contribution in [2.75, 3.05) is 31.1 Å². The fourth-order valence-electron chi connectivity index (χ4n) is 3.84. The van der Waals surface area contributed by atoms with Crippen LogP contribution in [0.5, 0.6) is 0 Å². The summed E-state index contributed by atoms with van der Waals surface area (Å²) in [4.78, 5) is 32.1. The number of likely N-dealkylation sites (tertiary alicyclic amines) is 1. The van der Waals surface area contributed by atoms with Gasteiger partial charge in [0.05, 0.1) is 6.54 Å². The van der Waals surface area contributed by atoms with Crippen LogP contribution < -0.4 is 4.90 Å². The van der Waals surface area contributed by atoms with Gasteiger partial charge >= 0.3 is 0 Å². The lowest BCUT2D eigenvalue weighted by atomic mass is 10.0. The number of aryl methyl sites for hydroxylation is 1. The van der Waals surface area contributed by atoms with Gasteiger partial charge in [0.1, 0.15) is 5.69 Å². The number of hydrogen-bond donors (Lipinski definition) is 1. The van der Waals surface area contributed by atoms with E-state index in [0.29, 0.717) is 17.8 Å². The Balaban J connectivity index is 1.47. The van der Waals surface area contributed by atoms with Crippen LogP contribution in [-0.2, 0) is 6.42 Å². The molecule has 5 nitrogen and oxygen atoms in total. The van der Waals surface area contributed by atoms with Crippen molar-refractivity contribution in [3.05, 3.63) is 52.3 Å². The highest BCUT2D eigenvalue weighted by Gasteiger charge is 2.23. The first-order chi connectivity index (χ1) is 12.6. The van der Waals surface area contributed by atoms with Crippen LogP contribution in [0.2, 0.25) is 5.02 Å². The molecule has 2 aromatic rings. The third-order valence-electron chi connectivity index (χ3n) is 5.22. The third-order valence-corrected chi connectivity index (χ3v) is 5.45. The zero-order valence-electron chi connectivity index (χ0n) is 14.6. The average molecular weight is 372 g/mol. The standard InChI is InChI=1S/C20H22ClN3O2/c21-16-5-6-18-14(10-16)4-3-9-24(18)13-19(25)15-11-17(22-12-15)20(26)23-7-1-2-8-23/h5-6,10-12,22H,1-4,7-9,13H2. The third kappa shape index (κ3) is 3.36. The van der Waals surface area contributed by atoms with E-state index < -0.39 is 0 Å². The van der Waals surface area contributed by atoms with Crippen molar-refractivity contribution in [1.82, 2.24) is 9.88 Å². The number of ketones is 1. The van der Waals surface area contributed by atoms with Gasteiger partial charge in [0, 0.05) is 42.1 Å². The van der Waals surface area contributed by atoms with E-state index in [1.165, 1.54) is 5.56 Å². The number of anilines is 1. The van der Waals surface area contributed by atoms with Crippen LogP contribution in [0.15, 0.2) is 30.5 Å². The Bertz CT molecular complexity index is 839. The Morgan fingerprint density at radius 3 is 2.69 bits per heavy atom. The molecular formula is C20H22ClN3O2. The van der Waals surface area contributed by atoms with Crippen molar-refractivity contribution in [1.29, 1.82) is 0 Å². The molecule has 26 heavy (non-hydrogen) atoms. The Kier molecular flexibility index (Phi) is 4.72. The molecule has 1 fully saturated rings. The van der Waals surface area contributed by atoms with Crippen molar-refractivity contribution >= 4 is 29.0 Å². The van der Waals surface area contributed by atoms with E-state index in [2.05, 4.69) is 9.88 Å². The van der Waals surface area contributed by atoms with Crippen molar-refractivity contribution in [2.24, 2.45) is 0 Å².